The van der Waals surface area contributed by atoms with Gasteiger partial charge in [0.2, 0.25) is 29.5 Å². The van der Waals surface area contributed by atoms with Crippen molar-refractivity contribution in [1.82, 2.24) is 25.8 Å². The molecule has 0 bridgehead atoms. The summed E-state index contributed by atoms with van der Waals surface area (Å²) in [7, 11) is 0. The van der Waals surface area contributed by atoms with E-state index in [2.05, 4.69) is 20.9 Å². The van der Waals surface area contributed by atoms with Crippen LogP contribution in [-0.2, 0) is 48.0 Å². The van der Waals surface area contributed by atoms with Gasteiger partial charge in [0, 0.05) is 25.8 Å². The second-order valence-corrected chi connectivity index (χ2v) is 20.7. The first-order valence-electron chi connectivity index (χ1n) is 24.2. The first kappa shape index (κ1) is 52.4. The standard InChI is InChI=1S/C52H65FN8O9S/c1-29(31-15-17-34(18-16-31)45-30(2)56-28-71-45)57-47(64)39-25-37(62)26-60(39)50(67)46(52(3,4)5)59-51(68)69-23-7-6-10-32-11-9-14-41(43(32)53)70-27-36(20-22-42(55)63)58-48(65)40-24-35-13-8-12-33-19-21-38(54)49(66)61(40)44(33)35/h8-9,11-18,28-29,36-40,46,62H,6-7,10,19-27,54H2,1-5H3,(H2,55,63)(H,57,64)(H,58,65)(H,59,68)/t29-,36-,37+,38-,39-,40-,46+/m0/s1. The van der Waals surface area contributed by atoms with E-state index in [-0.39, 0.29) is 57.1 Å². The molecule has 0 saturated carbocycles. The van der Waals surface area contributed by atoms with Crippen LogP contribution in [-0.4, -0.2) is 107 Å². The Morgan fingerprint density at radius 2 is 1.69 bits per heavy atom. The molecule has 0 unspecified atom stereocenters. The maximum atomic E-state index is 15.8. The van der Waals surface area contributed by atoms with Gasteiger partial charge >= 0.3 is 6.09 Å². The molecule has 3 aromatic carbocycles. The molecule has 19 heteroatoms. The number of aliphatic hydroxyl groups is 1. The summed E-state index contributed by atoms with van der Waals surface area (Å²) < 4.78 is 27.2. The van der Waals surface area contributed by atoms with Gasteiger partial charge in [0.15, 0.2) is 11.6 Å². The number of likely N-dealkylation sites (tertiary alicyclic amines) is 1. The number of carbonyl (C=O) groups is 6. The molecule has 1 saturated heterocycles. The highest BCUT2D eigenvalue weighted by atomic mass is 32.1. The van der Waals surface area contributed by atoms with Crippen LogP contribution in [0, 0.1) is 18.2 Å². The smallest absolute Gasteiger partial charge is 0.407 e. The van der Waals surface area contributed by atoms with Gasteiger partial charge < -0.3 is 46.9 Å². The number of ether oxygens (including phenoxy) is 2. The minimum Gasteiger partial charge on any atom is -0.488 e. The molecular formula is C52H65FN8O9S. The number of hydrogen-bond acceptors (Lipinski definition) is 12. The number of rotatable bonds is 19. The molecular weight excluding hydrogens is 932 g/mol. The van der Waals surface area contributed by atoms with Crippen molar-refractivity contribution in [3.63, 3.8) is 0 Å². The lowest BCUT2D eigenvalue weighted by Crippen LogP contribution is -2.58. The number of hydrogen-bond donors (Lipinski definition) is 6. The molecule has 17 nitrogen and oxygen atoms in total. The van der Waals surface area contributed by atoms with Crippen molar-refractivity contribution in [2.45, 2.75) is 135 Å². The molecule has 4 aromatic rings. The third-order valence-electron chi connectivity index (χ3n) is 13.4. The van der Waals surface area contributed by atoms with Crippen molar-refractivity contribution >= 4 is 52.7 Å². The fourth-order valence-electron chi connectivity index (χ4n) is 9.48. The van der Waals surface area contributed by atoms with Crippen LogP contribution in [0.5, 0.6) is 5.75 Å². The normalized spacial score (nSPS) is 19.8. The van der Waals surface area contributed by atoms with Crippen molar-refractivity contribution in [1.29, 1.82) is 0 Å². The molecule has 1 fully saturated rings. The molecule has 3 aliphatic heterocycles. The Labute approximate surface area is 417 Å². The number of nitrogens with two attached hydrogens (primary N) is 2. The summed E-state index contributed by atoms with van der Waals surface area (Å²) in [5, 5.41) is 19.3. The molecule has 0 spiro atoms. The Morgan fingerprint density at radius 3 is 2.39 bits per heavy atom. The highest BCUT2D eigenvalue weighted by molar-refractivity contribution is 7.13. The first-order valence-corrected chi connectivity index (χ1v) is 25.1. The van der Waals surface area contributed by atoms with E-state index in [4.69, 9.17) is 20.9 Å². The number of aromatic nitrogens is 1. The van der Waals surface area contributed by atoms with Gasteiger partial charge in [-0.3, -0.25) is 28.9 Å². The van der Waals surface area contributed by atoms with E-state index in [0.717, 1.165) is 38.5 Å². The van der Waals surface area contributed by atoms with Crippen LogP contribution >= 0.6 is 11.3 Å². The van der Waals surface area contributed by atoms with Crippen molar-refractivity contribution in [2.24, 2.45) is 16.9 Å². The number of thiazole rings is 1. The van der Waals surface area contributed by atoms with E-state index in [1.807, 2.05) is 56.3 Å². The number of alkyl carbamates (subject to hydrolysis) is 1. The minimum atomic E-state index is -1.10. The van der Waals surface area contributed by atoms with E-state index in [0.29, 0.717) is 37.7 Å². The fourth-order valence-corrected chi connectivity index (χ4v) is 10.3. The monoisotopic (exact) mass is 996 g/mol. The summed E-state index contributed by atoms with van der Waals surface area (Å²) in [5.41, 5.74) is 18.4. The number of halogens is 1. The van der Waals surface area contributed by atoms with E-state index < -0.39 is 83.3 Å². The molecule has 380 valence electrons. The van der Waals surface area contributed by atoms with E-state index in [1.165, 1.54) is 15.9 Å². The van der Waals surface area contributed by atoms with Gasteiger partial charge in [0.05, 0.1) is 52.6 Å². The molecule has 4 heterocycles. The second kappa shape index (κ2) is 22.8. The summed E-state index contributed by atoms with van der Waals surface area (Å²) in [6.45, 7) is 8.83. The molecule has 7 atom stereocenters. The van der Waals surface area contributed by atoms with Gasteiger partial charge in [-0.1, -0.05) is 75.4 Å². The van der Waals surface area contributed by atoms with Crippen LogP contribution in [0.15, 0.2) is 66.2 Å². The summed E-state index contributed by atoms with van der Waals surface area (Å²) in [6.07, 6.45) is 0.714. The van der Waals surface area contributed by atoms with Crippen LogP contribution in [0.3, 0.4) is 0 Å². The average molecular weight is 997 g/mol. The third kappa shape index (κ3) is 12.5. The third-order valence-corrected chi connectivity index (χ3v) is 14.4. The fraction of sp³-hybridized carbons (Fsp3) is 0.481. The van der Waals surface area contributed by atoms with Gasteiger partial charge in [0.25, 0.3) is 0 Å². The molecule has 7 rings (SSSR count). The number of nitrogens with zero attached hydrogens (tertiary/aromatic N) is 3. The number of aliphatic hydroxyl groups excluding tert-OH is 1. The Hall–Kier alpha value is -6.44. The number of aryl methyl sites for hydroxylation is 3. The number of nitrogens with one attached hydrogen (secondary N) is 3. The molecule has 8 N–H and O–H groups in total. The van der Waals surface area contributed by atoms with Crippen LogP contribution in [0.1, 0.15) is 100 Å². The Kier molecular flexibility index (Phi) is 16.8. The average Bonchev–Trinajstić information content (AvgIpc) is 4.05. The Morgan fingerprint density at radius 1 is 0.972 bits per heavy atom. The van der Waals surface area contributed by atoms with Crippen molar-refractivity contribution in [2.75, 3.05) is 24.7 Å². The van der Waals surface area contributed by atoms with Gasteiger partial charge in [-0.15, -0.1) is 11.3 Å². The zero-order chi connectivity index (χ0) is 51.1. The van der Waals surface area contributed by atoms with Gasteiger partial charge in [-0.25, -0.2) is 14.2 Å². The molecule has 1 aromatic heterocycles. The summed E-state index contributed by atoms with van der Waals surface area (Å²) in [5.74, 6) is -2.99. The first-order chi connectivity index (χ1) is 33.8. The molecule has 0 aliphatic carbocycles. The SMILES string of the molecule is Cc1ncsc1-c1ccc([C@H](C)NC(=O)[C@@H]2C[C@@H](O)CN2C(=O)[C@@H](NC(=O)OCCCCc2cccc(OC[C@H](CCC(N)=O)NC(=O)[C@@H]3Cc4cccc5c4N3C(=O)[C@@H](N)CC5)c2F)C(C)(C)C)cc1. The largest absolute Gasteiger partial charge is 0.488 e. The highest BCUT2D eigenvalue weighted by Gasteiger charge is 2.46. The summed E-state index contributed by atoms with van der Waals surface area (Å²) >= 11 is 1.55. The predicted octanol–water partition coefficient (Wildman–Crippen LogP) is 4.92. The van der Waals surface area contributed by atoms with Crippen LogP contribution in [0.2, 0.25) is 0 Å². The number of carbonyl (C=O) groups excluding carboxylic acids is 6. The van der Waals surface area contributed by atoms with Crippen molar-refractivity contribution in [3.05, 3.63) is 99.9 Å². The number of unbranched alkanes of at least 4 members (excludes halogenated alkanes) is 1. The zero-order valence-corrected chi connectivity index (χ0v) is 41.7. The van der Waals surface area contributed by atoms with E-state index >= 15 is 4.39 Å². The van der Waals surface area contributed by atoms with E-state index in [1.54, 1.807) is 49.8 Å². The van der Waals surface area contributed by atoms with Crippen LogP contribution < -0.4 is 37.1 Å². The number of benzene rings is 3. The molecule has 6 amide bonds. The number of anilines is 1. The molecule has 71 heavy (non-hydrogen) atoms. The summed E-state index contributed by atoms with van der Waals surface area (Å²) in [6, 6.07) is 13.4. The Balaban J connectivity index is 0.887. The quantitative estimate of drug-likeness (QED) is 0.0689. The topological polar surface area (TPSA) is 249 Å². The van der Waals surface area contributed by atoms with Crippen molar-refractivity contribution < 1.29 is 47.7 Å². The van der Waals surface area contributed by atoms with Crippen LogP contribution in [0.25, 0.3) is 10.4 Å². The minimum absolute atomic E-state index is 0.0333. The highest BCUT2D eigenvalue weighted by Crippen LogP contribution is 2.39. The predicted molar refractivity (Wildman–Crippen MR) is 266 cm³/mol. The zero-order valence-electron chi connectivity index (χ0n) is 40.9. The van der Waals surface area contributed by atoms with Crippen molar-refractivity contribution in [3.8, 4) is 16.2 Å². The van der Waals surface area contributed by atoms with E-state index in [9.17, 15) is 33.9 Å². The van der Waals surface area contributed by atoms with Gasteiger partial charge in [-0.2, -0.15) is 0 Å². The Bertz CT molecular complexity index is 2600. The number of primary amides is 1. The number of β-amino-alcohol motifs (C(OH)–C–C–N with tert-alkyl or cyclic N) is 1. The lowest BCUT2D eigenvalue weighted by molar-refractivity contribution is -0.142. The molecule has 0 radical (unpaired) electrons. The number of para-hydroxylation sites is 1. The lowest BCUT2D eigenvalue weighted by Gasteiger charge is -2.35. The number of amides is 6. The lowest BCUT2D eigenvalue weighted by atomic mass is 9.85. The summed E-state index contributed by atoms with van der Waals surface area (Å²) in [4.78, 5) is 88.2. The van der Waals surface area contributed by atoms with Crippen LogP contribution in [0.4, 0.5) is 14.9 Å². The maximum Gasteiger partial charge on any atom is 0.407 e. The maximum absolute atomic E-state index is 15.8. The second-order valence-electron chi connectivity index (χ2n) is 19.8. The van der Waals surface area contributed by atoms with Gasteiger partial charge in [-0.05, 0) is 91.7 Å². The van der Waals surface area contributed by atoms with Gasteiger partial charge in [0.1, 0.15) is 24.7 Å². The molecule has 3 aliphatic rings.